The van der Waals surface area contributed by atoms with Crippen molar-refractivity contribution in [3.05, 3.63) is 22.4 Å². The van der Waals surface area contributed by atoms with Crippen molar-refractivity contribution in [1.29, 1.82) is 0 Å². The highest BCUT2D eigenvalue weighted by molar-refractivity contribution is 7.10. The van der Waals surface area contributed by atoms with E-state index in [4.69, 9.17) is 9.47 Å². The third-order valence-electron chi connectivity index (χ3n) is 5.27. The van der Waals surface area contributed by atoms with E-state index in [1.807, 2.05) is 18.4 Å². The van der Waals surface area contributed by atoms with Crippen LogP contribution in [0.5, 0.6) is 0 Å². The largest absolute Gasteiger partial charge is 0.381 e. The molecule has 1 atom stereocenters. The van der Waals surface area contributed by atoms with Crippen molar-refractivity contribution in [1.82, 2.24) is 15.5 Å². The van der Waals surface area contributed by atoms with Crippen molar-refractivity contribution < 1.29 is 9.47 Å². The fraction of sp³-hybridized carbons (Fsp3) is 0.750. The molecule has 2 N–H and O–H groups in total. The molecular weight excluding hydrogens is 360 g/mol. The maximum atomic E-state index is 5.93. The molecular formula is C20H34N4O2S. The summed E-state index contributed by atoms with van der Waals surface area (Å²) < 4.78 is 11.3. The predicted octanol–water partition coefficient (Wildman–Crippen LogP) is 2.64. The van der Waals surface area contributed by atoms with Gasteiger partial charge in [-0.2, -0.15) is 0 Å². The van der Waals surface area contributed by atoms with Crippen LogP contribution in [-0.2, 0) is 9.47 Å². The van der Waals surface area contributed by atoms with Gasteiger partial charge >= 0.3 is 0 Å². The minimum Gasteiger partial charge on any atom is -0.381 e. The first kappa shape index (κ1) is 20.6. The van der Waals surface area contributed by atoms with Gasteiger partial charge in [-0.3, -0.25) is 9.89 Å². The molecule has 1 aromatic heterocycles. The van der Waals surface area contributed by atoms with Crippen molar-refractivity contribution in [2.45, 2.75) is 44.2 Å². The van der Waals surface area contributed by atoms with Gasteiger partial charge < -0.3 is 20.1 Å². The summed E-state index contributed by atoms with van der Waals surface area (Å²) in [6.45, 7) is 6.61. The van der Waals surface area contributed by atoms with Gasteiger partial charge in [-0.25, -0.2) is 0 Å². The molecule has 2 aliphatic heterocycles. The van der Waals surface area contributed by atoms with Gasteiger partial charge in [0.25, 0.3) is 0 Å². The maximum Gasteiger partial charge on any atom is 0.191 e. The van der Waals surface area contributed by atoms with E-state index in [1.54, 1.807) is 0 Å². The number of hydrogen-bond acceptors (Lipinski definition) is 5. The van der Waals surface area contributed by atoms with Crippen LogP contribution >= 0.6 is 11.3 Å². The summed E-state index contributed by atoms with van der Waals surface area (Å²) in [5.74, 6) is 0.877. The number of guanidine groups is 1. The smallest absolute Gasteiger partial charge is 0.191 e. The van der Waals surface area contributed by atoms with E-state index in [1.165, 1.54) is 30.8 Å². The minimum atomic E-state index is 0.378. The topological polar surface area (TPSA) is 58.1 Å². The molecule has 0 bridgehead atoms. The minimum absolute atomic E-state index is 0.378. The Hall–Kier alpha value is -1.15. The molecule has 3 rings (SSSR count). The summed E-state index contributed by atoms with van der Waals surface area (Å²) in [5, 5.41) is 9.11. The monoisotopic (exact) mass is 394 g/mol. The van der Waals surface area contributed by atoms with Gasteiger partial charge in [-0.15, -0.1) is 11.3 Å². The first-order valence-electron chi connectivity index (χ1n) is 10.3. The number of nitrogens with one attached hydrogen (secondary N) is 2. The number of likely N-dealkylation sites (tertiary alicyclic amines) is 1. The van der Waals surface area contributed by atoms with E-state index in [2.05, 4.69) is 38.0 Å². The molecule has 152 valence electrons. The summed E-state index contributed by atoms with van der Waals surface area (Å²) in [6.07, 6.45) is 6.03. The van der Waals surface area contributed by atoms with Crippen LogP contribution in [0.25, 0.3) is 0 Å². The average Bonchev–Trinajstić information content (AvgIpc) is 3.42. The zero-order chi connectivity index (χ0) is 18.7. The molecule has 0 saturated carbocycles. The van der Waals surface area contributed by atoms with Crippen molar-refractivity contribution in [3.8, 4) is 0 Å². The van der Waals surface area contributed by atoms with Crippen molar-refractivity contribution in [3.63, 3.8) is 0 Å². The third kappa shape index (κ3) is 6.75. The first-order chi connectivity index (χ1) is 13.4. The van der Waals surface area contributed by atoms with Gasteiger partial charge in [0.05, 0.1) is 12.1 Å². The van der Waals surface area contributed by atoms with E-state index in [0.29, 0.717) is 12.1 Å². The second-order valence-electron chi connectivity index (χ2n) is 7.19. The Kier molecular flexibility index (Phi) is 8.87. The molecule has 0 aliphatic carbocycles. The molecule has 1 aromatic rings. The number of ether oxygens (including phenoxy) is 2. The number of aliphatic imine (C=N–C) groups is 1. The second-order valence-corrected chi connectivity index (χ2v) is 8.17. The van der Waals surface area contributed by atoms with Crippen molar-refractivity contribution in [2.75, 3.05) is 53.0 Å². The van der Waals surface area contributed by atoms with Crippen LogP contribution in [0.4, 0.5) is 0 Å². The van der Waals surface area contributed by atoms with Crippen LogP contribution in [0.2, 0.25) is 0 Å². The van der Waals surface area contributed by atoms with Crippen LogP contribution in [-0.4, -0.2) is 70.0 Å². The number of hydrogen-bond donors (Lipinski definition) is 2. The van der Waals surface area contributed by atoms with Gasteiger partial charge in [-0.05, 0) is 56.6 Å². The molecule has 6 nitrogen and oxygen atoms in total. The summed E-state index contributed by atoms with van der Waals surface area (Å²) in [4.78, 5) is 8.40. The number of thiophene rings is 1. The van der Waals surface area contributed by atoms with Gasteiger partial charge in [-0.1, -0.05) is 6.07 Å². The van der Waals surface area contributed by atoms with Gasteiger partial charge in [0.15, 0.2) is 5.96 Å². The Morgan fingerprint density at radius 2 is 2.15 bits per heavy atom. The number of nitrogens with zero attached hydrogens (tertiary/aromatic N) is 2. The van der Waals surface area contributed by atoms with Crippen LogP contribution in [0.15, 0.2) is 22.5 Å². The normalized spacial score (nSPS) is 20.7. The van der Waals surface area contributed by atoms with E-state index in [-0.39, 0.29) is 0 Å². The molecule has 0 spiro atoms. The Morgan fingerprint density at radius 1 is 1.33 bits per heavy atom. The zero-order valence-electron chi connectivity index (χ0n) is 16.5. The molecule has 1 unspecified atom stereocenters. The molecule has 7 heteroatoms. The average molecular weight is 395 g/mol. The lowest BCUT2D eigenvalue weighted by Gasteiger charge is -2.27. The Bertz CT molecular complexity index is 540. The van der Waals surface area contributed by atoms with Gasteiger partial charge in [0.1, 0.15) is 0 Å². The van der Waals surface area contributed by atoms with E-state index in [9.17, 15) is 0 Å². The van der Waals surface area contributed by atoms with Crippen LogP contribution < -0.4 is 10.6 Å². The molecule has 2 saturated heterocycles. The second kappa shape index (κ2) is 11.6. The highest BCUT2D eigenvalue weighted by Gasteiger charge is 2.24. The third-order valence-corrected chi connectivity index (χ3v) is 6.25. The first-order valence-corrected chi connectivity index (χ1v) is 11.2. The molecule has 0 radical (unpaired) electrons. The van der Waals surface area contributed by atoms with Crippen LogP contribution in [0, 0.1) is 0 Å². The fourth-order valence-electron chi connectivity index (χ4n) is 3.73. The summed E-state index contributed by atoms with van der Waals surface area (Å²) >= 11 is 1.85. The summed E-state index contributed by atoms with van der Waals surface area (Å²) in [6, 6.07) is 4.83. The SMILES string of the molecule is CN=C(NCCCOC1CCOCC1)NCC(c1cccs1)N1CCCC1. The summed E-state index contributed by atoms with van der Waals surface area (Å²) in [7, 11) is 1.84. The highest BCUT2D eigenvalue weighted by atomic mass is 32.1. The lowest BCUT2D eigenvalue weighted by atomic mass is 10.1. The quantitative estimate of drug-likeness (QED) is 0.383. The van der Waals surface area contributed by atoms with Crippen molar-refractivity contribution in [2.24, 2.45) is 4.99 Å². The predicted molar refractivity (Wildman–Crippen MR) is 112 cm³/mol. The van der Waals surface area contributed by atoms with E-state index in [0.717, 1.165) is 58.1 Å². The molecule has 27 heavy (non-hydrogen) atoms. The summed E-state index contributed by atoms with van der Waals surface area (Å²) in [5.41, 5.74) is 0. The number of rotatable bonds is 9. The van der Waals surface area contributed by atoms with E-state index < -0.39 is 0 Å². The molecule has 2 aliphatic rings. The lowest BCUT2D eigenvalue weighted by molar-refractivity contribution is -0.0320. The Morgan fingerprint density at radius 3 is 2.85 bits per heavy atom. The lowest BCUT2D eigenvalue weighted by Crippen LogP contribution is -2.43. The molecule has 2 fully saturated rings. The van der Waals surface area contributed by atoms with Crippen molar-refractivity contribution >= 4 is 17.3 Å². The van der Waals surface area contributed by atoms with Crippen LogP contribution in [0.3, 0.4) is 0 Å². The highest BCUT2D eigenvalue weighted by Crippen LogP contribution is 2.27. The Labute approximate surface area is 167 Å². The molecule has 0 aromatic carbocycles. The maximum absolute atomic E-state index is 5.93. The Balaban J connectivity index is 1.36. The molecule has 3 heterocycles. The zero-order valence-corrected chi connectivity index (χ0v) is 17.3. The molecule has 0 amide bonds. The van der Waals surface area contributed by atoms with E-state index >= 15 is 0 Å². The van der Waals surface area contributed by atoms with Crippen LogP contribution in [0.1, 0.15) is 43.0 Å². The van der Waals surface area contributed by atoms with Gasteiger partial charge in [0, 0.05) is 44.8 Å². The van der Waals surface area contributed by atoms with Gasteiger partial charge in [0.2, 0.25) is 0 Å². The fourth-order valence-corrected chi connectivity index (χ4v) is 4.59. The standard InChI is InChI=1S/C20H34N4O2S/c1-21-20(22-9-5-12-26-17-7-13-25-14-8-17)23-16-18(19-6-4-15-27-19)24-10-2-3-11-24/h4,6,15,17-18H,2-3,5,7-14,16H2,1H3,(H2,21,22,23).